The lowest BCUT2D eigenvalue weighted by atomic mass is 9.89. The van der Waals surface area contributed by atoms with E-state index in [1.807, 2.05) is 39.6 Å². The summed E-state index contributed by atoms with van der Waals surface area (Å²) < 4.78 is 45.4. The molecule has 1 aliphatic carbocycles. The first-order chi connectivity index (χ1) is 15.1. The molecule has 1 aromatic heterocycles. The standard InChI is InChI=1S/C22H26F3N5O2/c1-10(2)30-19-11(3)26-22(28-20(19)29(5)12(4)21(30)31)27-13-6-14(7-13)32-15-8-16(23)18(25)17(24)9-15/h8-10,12-14H,6-7H2,1-5H3,(H,26,27,28)/t12-,13?,14?/m0/s1. The molecule has 0 bridgehead atoms. The second-order valence-electron chi connectivity index (χ2n) is 8.65. The minimum atomic E-state index is -1.51. The van der Waals surface area contributed by atoms with E-state index in [1.54, 1.807) is 4.90 Å². The number of carbonyl (C=O) groups is 1. The van der Waals surface area contributed by atoms with Gasteiger partial charge in [0.1, 0.15) is 23.6 Å². The summed E-state index contributed by atoms with van der Waals surface area (Å²) >= 11 is 0. The first kappa shape index (κ1) is 22.2. The van der Waals surface area contributed by atoms with E-state index in [-0.39, 0.29) is 35.9 Å². The minimum absolute atomic E-state index is 0.00931. The molecular weight excluding hydrogens is 423 g/mol. The molecule has 1 fully saturated rings. The highest BCUT2D eigenvalue weighted by molar-refractivity contribution is 6.05. The van der Waals surface area contributed by atoms with Crippen LogP contribution in [0.25, 0.3) is 0 Å². The Morgan fingerprint density at radius 2 is 1.78 bits per heavy atom. The van der Waals surface area contributed by atoms with E-state index in [0.29, 0.717) is 36.0 Å². The molecular formula is C22H26F3N5O2. The number of aryl methyl sites for hydroxylation is 1. The maximum absolute atomic E-state index is 13.4. The molecule has 2 heterocycles. The van der Waals surface area contributed by atoms with Gasteiger partial charge in [0.05, 0.1) is 5.69 Å². The number of ether oxygens (including phenoxy) is 1. The lowest BCUT2D eigenvalue weighted by Crippen LogP contribution is -2.54. The van der Waals surface area contributed by atoms with E-state index in [1.165, 1.54) is 0 Å². The molecule has 1 N–H and O–H groups in total. The van der Waals surface area contributed by atoms with Crippen LogP contribution in [0.3, 0.4) is 0 Å². The zero-order valence-corrected chi connectivity index (χ0v) is 18.6. The summed E-state index contributed by atoms with van der Waals surface area (Å²) in [6, 6.07) is 1.33. The smallest absolute Gasteiger partial charge is 0.249 e. The molecule has 4 rings (SSSR count). The van der Waals surface area contributed by atoms with Crippen LogP contribution >= 0.6 is 0 Å². The number of rotatable bonds is 5. The number of fused-ring (bicyclic) bond motifs is 1. The van der Waals surface area contributed by atoms with Crippen LogP contribution in [0.4, 0.5) is 30.6 Å². The number of carbonyl (C=O) groups excluding carboxylic acids is 1. The molecule has 10 heteroatoms. The van der Waals surface area contributed by atoms with Crippen LogP contribution in [0.2, 0.25) is 0 Å². The van der Waals surface area contributed by atoms with Gasteiger partial charge in [0, 0.05) is 44.1 Å². The molecule has 1 atom stereocenters. The summed E-state index contributed by atoms with van der Waals surface area (Å²) in [5, 5.41) is 3.27. The SMILES string of the molecule is Cc1nc(NC2CC(Oc3cc(F)c(F)c(F)c3)C2)nc2c1N(C(C)C)C(=O)[C@H](C)N2C. The van der Waals surface area contributed by atoms with E-state index < -0.39 is 17.5 Å². The van der Waals surface area contributed by atoms with E-state index in [4.69, 9.17) is 4.74 Å². The number of hydrogen-bond donors (Lipinski definition) is 1. The van der Waals surface area contributed by atoms with Gasteiger partial charge in [-0.1, -0.05) is 0 Å². The quantitative estimate of drug-likeness (QED) is 0.701. The summed E-state index contributed by atoms with van der Waals surface area (Å²) in [4.78, 5) is 25.6. The Kier molecular flexibility index (Phi) is 5.64. The fourth-order valence-electron chi connectivity index (χ4n) is 4.07. The highest BCUT2D eigenvalue weighted by Crippen LogP contribution is 2.38. The summed E-state index contributed by atoms with van der Waals surface area (Å²) in [7, 11) is 1.84. The van der Waals surface area contributed by atoms with Gasteiger partial charge in [-0.05, 0) is 27.7 Å². The van der Waals surface area contributed by atoms with Crippen molar-refractivity contribution in [3.63, 3.8) is 0 Å². The van der Waals surface area contributed by atoms with Crippen molar-refractivity contribution in [3.8, 4) is 5.75 Å². The molecule has 0 saturated heterocycles. The van der Waals surface area contributed by atoms with Gasteiger partial charge < -0.3 is 19.9 Å². The summed E-state index contributed by atoms with van der Waals surface area (Å²) in [5.74, 6) is -2.97. The lowest BCUT2D eigenvalue weighted by Gasteiger charge is -2.41. The Morgan fingerprint density at radius 1 is 1.16 bits per heavy atom. The highest BCUT2D eigenvalue weighted by Gasteiger charge is 2.38. The van der Waals surface area contributed by atoms with Crippen LogP contribution in [0.5, 0.6) is 5.75 Å². The van der Waals surface area contributed by atoms with E-state index >= 15 is 0 Å². The number of anilines is 3. The predicted molar refractivity (Wildman–Crippen MR) is 115 cm³/mol. The first-order valence-corrected chi connectivity index (χ1v) is 10.6. The van der Waals surface area contributed by atoms with Crippen LogP contribution in [-0.4, -0.2) is 47.2 Å². The lowest BCUT2D eigenvalue weighted by molar-refractivity contribution is -0.120. The molecule has 1 aromatic carbocycles. The minimum Gasteiger partial charge on any atom is -0.490 e. The van der Waals surface area contributed by atoms with Gasteiger partial charge in [0.15, 0.2) is 23.3 Å². The third-order valence-electron chi connectivity index (χ3n) is 6.00. The largest absolute Gasteiger partial charge is 0.490 e. The van der Waals surface area contributed by atoms with Crippen molar-refractivity contribution in [1.29, 1.82) is 0 Å². The van der Waals surface area contributed by atoms with Gasteiger partial charge >= 0.3 is 0 Å². The maximum atomic E-state index is 13.4. The maximum Gasteiger partial charge on any atom is 0.249 e. The number of nitrogens with one attached hydrogen (secondary N) is 1. The van der Waals surface area contributed by atoms with Crippen molar-refractivity contribution in [2.45, 2.75) is 64.8 Å². The van der Waals surface area contributed by atoms with Crippen molar-refractivity contribution < 1.29 is 22.7 Å². The molecule has 32 heavy (non-hydrogen) atoms. The van der Waals surface area contributed by atoms with Gasteiger partial charge in [-0.15, -0.1) is 0 Å². The van der Waals surface area contributed by atoms with Crippen molar-refractivity contribution >= 4 is 23.4 Å². The van der Waals surface area contributed by atoms with Crippen LogP contribution in [-0.2, 0) is 4.79 Å². The van der Waals surface area contributed by atoms with Gasteiger partial charge in [0.2, 0.25) is 11.9 Å². The highest BCUT2D eigenvalue weighted by atomic mass is 19.2. The van der Waals surface area contributed by atoms with Crippen LogP contribution in [0, 0.1) is 24.4 Å². The second kappa shape index (κ2) is 8.14. The Balaban J connectivity index is 1.46. The second-order valence-corrected chi connectivity index (χ2v) is 8.65. The number of aromatic nitrogens is 2. The summed E-state index contributed by atoms with van der Waals surface area (Å²) in [6.07, 6.45) is 0.888. The Bertz CT molecular complexity index is 1040. The van der Waals surface area contributed by atoms with Crippen molar-refractivity contribution in [2.24, 2.45) is 0 Å². The average Bonchev–Trinajstić information content (AvgIpc) is 2.69. The monoisotopic (exact) mass is 449 g/mol. The van der Waals surface area contributed by atoms with Crippen molar-refractivity contribution in [2.75, 3.05) is 22.2 Å². The van der Waals surface area contributed by atoms with Gasteiger partial charge in [-0.25, -0.2) is 18.2 Å². The third kappa shape index (κ3) is 3.82. The molecule has 1 amide bonds. The molecule has 0 spiro atoms. The molecule has 1 saturated carbocycles. The number of nitrogens with zero attached hydrogens (tertiary/aromatic N) is 4. The number of amides is 1. The number of halogens is 3. The summed E-state index contributed by atoms with van der Waals surface area (Å²) in [6.45, 7) is 7.61. The van der Waals surface area contributed by atoms with Crippen molar-refractivity contribution in [1.82, 2.24) is 9.97 Å². The van der Waals surface area contributed by atoms with Crippen LogP contribution < -0.4 is 19.9 Å². The first-order valence-electron chi connectivity index (χ1n) is 10.6. The molecule has 0 radical (unpaired) electrons. The summed E-state index contributed by atoms with van der Waals surface area (Å²) in [5.41, 5.74) is 1.41. The third-order valence-corrected chi connectivity index (χ3v) is 6.00. The number of hydrogen-bond acceptors (Lipinski definition) is 6. The van der Waals surface area contributed by atoms with Gasteiger partial charge in [-0.2, -0.15) is 4.98 Å². The molecule has 172 valence electrons. The van der Waals surface area contributed by atoms with Crippen molar-refractivity contribution in [3.05, 3.63) is 35.3 Å². The predicted octanol–water partition coefficient (Wildman–Crippen LogP) is 3.80. The fourth-order valence-corrected chi connectivity index (χ4v) is 4.07. The zero-order valence-electron chi connectivity index (χ0n) is 18.6. The van der Waals surface area contributed by atoms with E-state index in [2.05, 4.69) is 15.3 Å². The van der Waals surface area contributed by atoms with E-state index in [9.17, 15) is 18.0 Å². The molecule has 7 nitrogen and oxygen atoms in total. The molecule has 0 unspecified atom stereocenters. The Hall–Kier alpha value is -3.04. The van der Waals surface area contributed by atoms with Gasteiger partial charge in [-0.3, -0.25) is 4.79 Å². The van der Waals surface area contributed by atoms with Gasteiger partial charge in [0.25, 0.3) is 0 Å². The molecule has 1 aliphatic heterocycles. The zero-order chi connectivity index (χ0) is 23.3. The van der Waals surface area contributed by atoms with Crippen LogP contribution in [0.15, 0.2) is 12.1 Å². The number of likely N-dealkylation sites (N-methyl/N-ethyl adjacent to an activating group) is 1. The topological polar surface area (TPSA) is 70.6 Å². The normalized spacial score (nSPS) is 22.7. The molecule has 2 aliphatic rings. The fraction of sp³-hybridized carbons (Fsp3) is 0.500. The number of benzene rings is 1. The van der Waals surface area contributed by atoms with Crippen LogP contribution in [0.1, 0.15) is 39.3 Å². The molecule has 2 aromatic rings. The van der Waals surface area contributed by atoms with E-state index in [0.717, 1.165) is 12.1 Å². The average molecular weight is 449 g/mol. The Morgan fingerprint density at radius 3 is 2.38 bits per heavy atom. The Labute approximate surface area is 184 Å².